The van der Waals surface area contributed by atoms with Crippen LogP contribution in [-0.4, -0.2) is 9.55 Å². The Morgan fingerprint density at radius 2 is 2.18 bits per heavy atom. The number of aryl methyl sites for hydroxylation is 2. The quantitative estimate of drug-likeness (QED) is 0.855. The van der Waals surface area contributed by atoms with Crippen LogP contribution in [0.2, 0.25) is 0 Å². The van der Waals surface area contributed by atoms with Crippen molar-refractivity contribution in [2.75, 3.05) is 0 Å². The summed E-state index contributed by atoms with van der Waals surface area (Å²) in [5.74, 6) is 0.679. The Labute approximate surface area is 107 Å². The maximum Gasteiger partial charge on any atom is 0.313 e. The first-order valence-electron chi connectivity index (χ1n) is 5.03. The average Bonchev–Trinajstić information content (AvgIpc) is 2.30. The Morgan fingerprint density at radius 1 is 1.41 bits per heavy atom. The van der Waals surface area contributed by atoms with Gasteiger partial charge >= 0.3 is 5.56 Å². The number of benzene rings is 1. The third-order valence-electron chi connectivity index (χ3n) is 2.33. The number of halogens is 1. The molecule has 1 aromatic carbocycles. The molecular weight excluding hydrogens is 284 g/mol. The first-order valence-corrected chi connectivity index (χ1v) is 5.83. The molecule has 0 saturated heterocycles. The van der Waals surface area contributed by atoms with Crippen molar-refractivity contribution in [3.05, 3.63) is 51.0 Å². The van der Waals surface area contributed by atoms with Crippen LogP contribution in [0.1, 0.15) is 5.56 Å². The van der Waals surface area contributed by atoms with Gasteiger partial charge in [0.25, 0.3) is 5.88 Å². The fraction of sp³-hybridized carbons (Fsp3) is 0.167. The monoisotopic (exact) mass is 294 g/mol. The van der Waals surface area contributed by atoms with Gasteiger partial charge in [0.15, 0.2) is 0 Å². The van der Waals surface area contributed by atoms with Crippen LogP contribution in [0.5, 0.6) is 11.6 Å². The van der Waals surface area contributed by atoms with Gasteiger partial charge in [-0.2, -0.15) is 0 Å². The summed E-state index contributed by atoms with van der Waals surface area (Å²) in [4.78, 5) is 15.6. The molecule has 0 aliphatic heterocycles. The highest BCUT2D eigenvalue weighted by molar-refractivity contribution is 9.10. The molecule has 0 fully saturated rings. The maximum absolute atomic E-state index is 11.7. The fourth-order valence-electron chi connectivity index (χ4n) is 1.34. The summed E-state index contributed by atoms with van der Waals surface area (Å²) in [5, 5.41) is 0. The largest absolute Gasteiger partial charge is 0.435 e. The summed E-state index contributed by atoms with van der Waals surface area (Å²) in [6, 6.07) is 5.50. The number of ether oxygens (including phenoxy) is 1. The van der Waals surface area contributed by atoms with Crippen LogP contribution in [0.15, 0.2) is 39.9 Å². The summed E-state index contributed by atoms with van der Waals surface area (Å²) >= 11 is 3.40. The molecule has 0 radical (unpaired) electrons. The van der Waals surface area contributed by atoms with E-state index in [1.54, 1.807) is 19.3 Å². The van der Waals surface area contributed by atoms with E-state index in [0.717, 1.165) is 10.0 Å². The molecule has 0 aliphatic carbocycles. The third-order valence-corrected chi connectivity index (χ3v) is 3.22. The van der Waals surface area contributed by atoms with Gasteiger partial charge in [-0.05, 0) is 30.7 Å². The van der Waals surface area contributed by atoms with Gasteiger partial charge in [-0.15, -0.1) is 0 Å². The fourth-order valence-corrected chi connectivity index (χ4v) is 1.58. The summed E-state index contributed by atoms with van der Waals surface area (Å²) in [6.45, 7) is 1.95. The summed E-state index contributed by atoms with van der Waals surface area (Å²) in [6.07, 6.45) is 3.12. The minimum absolute atomic E-state index is 0.0803. The topological polar surface area (TPSA) is 44.1 Å². The summed E-state index contributed by atoms with van der Waals surface area (Å²) < 4.78 is 7.88. The van der Waals surface area contributed by atoms with Gasteiger partial charge in [0.05, 0.1) is 0 Å². The van der Waals surface area contributed by atoms with E-state index < -0.39 is 0 Å². The van der Waals surface area contributed by atoms with Crippen LogP contribution < -0.4 is 10.3 Å². The molecule has 2 aromatic rings. The van der Waals surface area contributed by atoms with Crippen LogP contribution in [0.4, 0.5) is 0 Å². The number of hydrogen-bond acceptors (Lipinski definition) is 3. The van der Waals surface area contributed by atoms with Crippen molar-refractivity contribution >= 4 is 15.9 Å². The van der Waals surface area contributed by atoms with Gasteiger partial charge in [-0.1, -0.05) is 15.9 Å². The normalized spacial score (nSPS) is 10.3. The lowest BCUT2D eigenvalue weighted by Gasteiger charge is -2.06. The van der Waals surface area contributed by atoms with Gasteiger partial charge in [0, 0.05) is 23.9 Å². The van der Waals surface area contributed by atoms with Gasteiger partial charge in [0.2, 0.25) is 0 Å². The van der Waals surface area contributed by atoms with Gasteiger partial charge in [0.1, 0.15) is 5.75 Å². The molecule has 1 aromatic heterocycles. The van der Waals surface area contributed by atoms with Crippen molar-refractivity contribution in [3.63, 3.8) is 0 Å². The van der Waals surface area contributed by atoms with Crippen LogP contribution >= 0.6 is 15.9 Å². The molecule has 2 rings (SSSR count). The molecule has 88 valence electrons. The molecule has 17 heavy (non-hydrogen) atoms. The van der Waals surface area contributed by atoms with Crippen LogP contribution in [0, 0.1) is 6.92 Å². The number of hydrogen-bond donors (Lipinski definition) is 0. The third kappa shape index (κ3) is 2.55. The van der Waals surface area contributed by atoms with Crippen LogP contribution in [-0.2, 0) is 7.05 Å². The molecule has 5 heteroatoms. The zero-order valence-corrected chi connectivity index (χ0v) is 11.1. The minimum Gasteiger partial charge on any atom is -0.435 e. The van der Waals surface area contributed by atoms with E-state index in [1.165, 1.54) is 10.8 Å². The van der Waals surface area contributed by atoms with E-state index in [1.807, 2.05) is 19.1 Å². The first-order chi connectivity index (χ1) is 8.08. The number of rotatable bonds is 2. The maximum atomic E-state index is 11.7. The molecule has 0 amide bonds. The SMILES string of the molecule is Cc1cc(Oc2nccn(C)c2=O)ccc1Br. The molecule has 0 aliphatic rings. The van der Waals surface area contributed by atoms with Gasteiger partial charge in [-0.25, -0.2) is 4.98 Å². The van der Waals surface area contributed by atoms with Crippen molar-refractivity contribution in [2.45, 2.75) is 6.92 Å². The number of nitrogens with zero attached hydrogens (tertiary/aromatic N) is 2. The zero-order valence-electron chi connectivity index (χ0n) is 9.48. The second-order valence-electron chi connectivity index (χ2n) is 3.66. The van der Waals surface area contributed by atoms with Crippen molar-refractivity contribution in [2.24, 2.45) is 7.05 Å². The molecule has 0 unspecified atom stereocenters. The lowest BCUT2D eigenvalue weighted by molar-refractivity contribution is 0.448. The predicted octanol–water partition coefficient (Wildman–Crippen LogP) is 2.64. The second-order valence-corrected chi connectivity index (χ2v) is 4.52. The van der Waals surface area contributed by atoms with Crippen molar-refractivity contribution in [1.82, 2.24) is 9.55 Å². The van der Waals surface area contributed by atoms with Crippen molar-refractivity contribution in [1.29, 1.82) is 0 Å². The Balaban J connectivity index is 2.35. The molecule has 1 heterocycles. The minimum atomic E-state index is -0.256. The van der Waals surface area contributed by atoms with Crippen molar-refractivity contribution in [3.8, 4) is 11.6 Å². The van der Waals surface area contributed by atoms with E-state index in [4.69, 9.17) is 4.74 Å². The highest BCUT2D eigenvalue weighted by Crippen LogP contribution is 2.23. The van der Waals surface area contributed by atoms with Gasteiger partial charge < -0.3 is 9.30 Å². The van der Waals surface area contributed by atoms with E-state index in [0.29, 0.717) is 5.75 Å². The standard InChI is InChI=1S/C12H11BrN2O2/c1-8-7-9(3-4-10(8)13)17-11-12(16)15(2)6-5-14-11/h3-7H,1-2H3. The Morgan fingerprint density at radius 3 is 2.88 bits per heavy atom. The van der Waals surface area contributed by atoms with E-state index in [9.17, 15) is 4.79 Å². The highest BCUT2D eigenvalue weighted by Gasteiger charge is 2.06. The molecule has 0 saturated carbocycles. The smallest absolute Gasteiger partial charge is 0.313 e. The lowest BCUT2D eigenvalue weighted by atomic mass is 10.2. The summed E-state index contributed by atoms with van der Waals surface area (Å²) in [7, 11) is 1.66. The Kier molecular flexibility index (Phi) is 3.28. The second kappa shape index (κ2) is 4.71. The van der Waals surface area contributed by atoms with Crippen molar-refractivity contribution < 1.29 is 4.74 Å². The molecule has 0 atom stereocenters. The Hall–Kier alpha value is -1.62. The highest BCUT2D eigenvalue weighted by atomic mass is 79.9. The van der Waals surface area contributed by atoms with Crippen LogP contribution in [0.25, 0.3) is 0 Å². The van der Waals surface area contributed by atoms with E-state index >= 15 is 0 Å². The number of aromatic nitrogens is 2. The molecule has 0 bridgehead atoms. The van der Waals surface area contributed by atoms with E-state index in [2.05, 4.69) is 20.9 Å². The molecule has 0 spiro atoms. The average molecular weight is 295 g/mol. The summed E-state index contributed by atoms with van der Waals surface area (Å²) in [5.41, 5.74) is 0.781. The molecular formula is C12H11BrN2O2. The predicted molar refractivity (Wildman–Crippen MR) is 68.4 cm³/mol. The lowest BCUT2D eigenvalue weighted by Crippen LogP contribution is -2.18. The van der Waals surface area contributed by atoms with Gasteiger partial charge in [-0.3, -0.25) is 4.79 Å². The first kappa shape index (κ1) is 11.9. The zero-order chi connectivity index (χ0) is 12.4. The molecule has 4 nitrogen and oxygen atoms in total. The van der Waals surface area contributed by atoms with Crippen LogP contribution in [0.3, 0.4) is 0 Å². The Bertz CT molecular complexity index is 608. The van der Waals surface area contributed by atoms with E-state index in [-0.39, 0.29) is 11.4 Å². The molecule has 0 N–H and O–H groups in total.